The maximum atomic E-state index is 12.1. The van der Waals surface area contributed by atoms with E-state index in [-0.39, 0.29) is 12.3 Å². The number of nitrogens with one attached hydrogen (secondary N) is 1. The molecule has 0 bridgehead atoms. The average molecular weight is 309 g/mol. The van der Waals surface area contributed by atoms with E-state index in [9.17, 15) is 14.7 Å². The highest BCUT2D eigenvalue weighted by molar-refractivity contribution is 7.99. The van der Waals surface area contributed by atoms with Crippen LogP contribution in [0.25, 0.3) is 0 Å². The number of aliphatic carboxylic acids is 1. The van der Waals surface area contributed by atoms with Gasteiger partial charge in [0.1, 0.15) is 11.3 Å². The van der Waals surface area contributed by atoms with Gasteiger partial charge in [0.15, 0.2) is 0 Å². The maximum absolute atomic E-state index is 12.1. The quantitative estimate of drug-likeness (QED) is 0.836. The van der Waals surface area contributed by atoms with Crippen LogP contribution in [0.5, 0.6) is 5.75 Å². The summed E-state index contributed by atoms with van der Waals surface area (Å²) in [7, 11) is 1.59. The van der Waals surface area contributed by atoms with Crippen LogP contribution in [0.15, 0.2) is 24.3 Å². The number of amides is 1. The number of carboxylic acid groups (broad SMARTS) is 1. The monoisotopic (exact) mass is 309 g/mol. The topological polar surface area (TPSA) is 75.6 Å². The first-order valence-electron chi connectivity index (χ1n) is 6.81. The molecule has 1 fully saturated rings. The third-order valence-electron chi connectivity index (χ3n) is 3.62. The van der Waals surface area contributed by atoms with Gasteiger partial charge in [-0.05, 0) is 30.2 Å². The summed E-state index contributed by atoms with van der Waals surface area (Å²) in [5.41, 5.74) is -0.150. The molecule has 114 valence electrons. The smallest absolute Gasteiger partial charge is 0.330 e. The minimum absolute atomic E-state index is 0.231. The number of methoxy groups -OCH3 is 1. The highest BCUT2D eigenvalue weighted by Gasteiger charge is 2.43. The predicted octanol–water partition coefficient (Wildman–Crippen LogP) is 1.70. The van der Waals surface area contributed by atoms with E-state index in [0.29, 0.717) is 18.6 Å². The zero-order valence-electron chi connectivity index (χ0n) is 11.9. The largest absolute Gasteiger partial charge is 0.496 e. The minimum Gasteiger partial charge on any atom is -0.496 e. The molecule has 1 heterocycles. The molecule has 0 unspecified atom stereocenters. The lowest BCUT2D eigenvalue weighted by atomic mass is 9.98. The number of hydrogen-bond acceptors (Lipinski definition) is 4. The summed E-state index contributed by atoms with van der Waals surface area (Å²) in [6.45, 7) is 0. The van der Waals surface area contributed by atoms with Gasteiger partial charge >= 0.3 is 5.97 Å². The van der Waals surface area contributed by atoms with Gasteiger partial charge in [-0.2, -0.15) is 11.8 Å². The Labute approximate surface area is 128 Å². The number of rotatable bonds is 6. The number of carbonyl (C=O) groups is 2. The van der Waals surface area contributed by atoms with Crippen LogP contribution in [-0.2, 0) is 16.0 Å². The number of thioether (sulfide) groups is 1. The fourth-order valence-corrected chi connectivity index (χ4v) is 3.70. The van der Waals surface area contributed by atoms with Crippen LogP contribution in [0.4, 0.5) is 0 Å². The summed E-state index contributed by atoms with van der Waals surface area (Å²) in [6, 6.07) is 7.52. The fraction of sp³-hybridized carbons (Fsp3) is 0.467. The zero-order valence-corrected chi connectivity index (χ0v) is 12.7. The Balaban J connectivity index is 1.94. The van der Waals surface area contributed by atoms with Crippen molar-refractivity contribution in [3.05, 3.63) is 29.8 Å². The Bertz CT molecular complexity index is 526. The van der Waals surface area contributed by atoms with Crippen molar-refractivity contribution in [2.75, 3.05) is 18.6 Å². The molecular formula is C15H19NO4S. The van der Waals surface area contributed by atoms with Crippen molar-refractivity contribution in [2.45, 2.75) is 24.8 Å². The minimum atomic E-state index is -1.09. The SMILES string of the molecule is COc1ccccc1CCC(=O)N[C@@]1(C(=O)O)CCSC1. The molecule has 1 aliphatic rings. The normalized spacial score (nSPS) is 21.0. The molecule has 0 radical (unpaired) electrons. The standard InChI is InChI=1S/C15H19NO4S/c1-20-12-5-3-2-4-11(12)6-7-13(17)16-15(14(18)19)8-9-21-10-15/h2-5H,6-10H2,1H3,(H,16,17)(H,18,19)/t15-/m0/s1. The summed E-state index contributed by atoms with van der Waals surface area (Å²) in [4.78, 5) is 23.4. The van der Waals surface area contributed by atoms with Gasteiger partial charge in [-0.25, -0.2) is 4.79 Å². The lowest BCUT2D eigenvalue weighted by Gasteiger charge is -2.24. The van der Waals surface area contributed by atoms with Gasteiger partial charge in [0.05, 0.1) is 7.11 Å². The van der Waals surface area contributed by atoms with Crippen molar-refractivity contribution >= 4 is 23.6 Å². The van der Waals surface area contributed by atoms with Gasteiger partial charge in [-0.3, -0.25) is 4.79 Å². The summed E-state index contributed by atoms with van der Waals surface area (Å²) < 4.78 is 5.24. The van der Waals surface area contributed by atoms with Gasteiger partial charge in [0.25, 0.3) is 0 Å². The van der Waals surface area contributed by atoms with Crippen LogP contribution in [0, 0.1) is 0 Å². The molecule has 2 rings (SSSR count). The van der Waals surface area contributed by atoms with Crippen LogP contribution in [-0.4, -0.2) is 41.1 Å². The van der Waals surface area contributed by atoms with E-state index in [2.05, 4.69) is 5.32 Å². The summed E-state index contributed by atoms with van der Waals surface area (Å²) in [6.07, 6.45) is 1.26. The van der Waals surface area contributed by atoms with E-state index >= 15 is 0 Å². The zero-order chi connectivity index (χ0) is 15.3. The van der Waals surface area contributed by atoms with Gasteiger partial charge in [-0.15, -0.1) is 0 Å². The van der Waals surface area contributed by atoms with E-state index in [1.165, 1.54) is 0 Å². The summed E-state index contributed by atoms with van der Waals surface area (Å²) in [5, 5.41) is 12.0. The molecule has 1 aromatic carbocycles. The second-order valence-electron chi connectivity index (χ2n) is 5.05. The van der Waals surface area contributed by atoms with Gasteiger partial charge in [0.2, 0.25) is 5.91 Å². The number of carbonyl (C=O) groups excluding carboxylic acids is 1. The van der Waals surface area contributed by atoms with Crippen molar-refractivity contribution in [3.8, 4) is 5.75 Å². The average Bonchev–Trinajstić information content (AvgIpc) is 2.95. The molecule has 6 heteroatoms. The van der Waals surface area contributed by atoms with Crippen LogP contribution >= 0.6 is 11.8 Å². The number of aryl methyl sites for hydroxylation is 1. The lowest BCUT2D eigenvalue weighted by Crippen LogP contribution is -2.54. The van der Waals surface area contributed by atoms with Crippen molar-refractivity contribution in [2.24, 2.45) is 0 Å². The molecule has 5 nitrogen and oxygen atoms in total. The number of ether oxygens (including phenoxy) is 1. The van der Waals surface area contributed by atoms with E-state index in [1.807, 2.05) is 24.3 Å². The molecule has 0 aliphatic carbocycles. The third kappa shape index (κ3) is 3.69. The lowest BCUT2D eigenvalue weighted by molar-refractivity contribution is -0.146. The van der Waals surface area contributed by atoms with E-state index in [0.717, 1.165) is 17.1 Å². The van der Waals surface area contributed by atoms with Crippen LogP contribution < -0.4 is 10.1 Å². The molecule has 1 aliphatic heterocycles. The molecule has 1 atom stereocenters. The van der Waals surface area contributed by atoms with E-state index < -0.39 is 11.5 Å². The van der Waals surface area contributed by atoms with Crippen LogP contribution in [0.3, 0.4) is 0 Å². The number of para-hydroxylation sites is 1. The first-order chi connectivity index (χ1) is 10.1. The van der Waals surface area contributed by atoms with Crippen molar-refractivity contribution in [3.63, 3.8) is 0 Å². The summed E-state index contributed by atoms with van der Waals surface area (Å²) in [5.74, 6) is 0.764. The predicted molar refractivity (Wildman–Crippen MR) is 81.8 cm³/mol. The van der Waals surface area contributed by atoms with Crippen molar-refractivity contribution in [1.29, 1.82) is 0 Å². The molecule has 0 aromatic heterocycles. The molecular weight excluding hydrogens is 290 g/mol. The molecule has 2 N–H and O–H groups in total. The second-order valence-corrected chi connectivity index (χ2v) is 6.16. The Morgan fingerprint density at radius 2 is 2.19 bits per heavy atom. The second kappa shape index (κ2) is 6.85. The molecule has 1 saturated heterocycles. The molecule has 1 aromatic rings. The number of hydrogen-bond donors (Lipinski definition) is 2. The Kier molecular flexibility index (Phi) is 5.12. The fourth-order valence-electron chi connectivity index (χ4n) is 2.37. The van der Waals surface area contributed by atoms with Crippen molar-refractivity contribution < 1.29 is 19.4 Å². The molecule has 0 spiro atoms. The first-order valence-corrected chi connectivity index (χ1v) is 7.97. The molecule has 21 heavy (non-hydrogen) atoms. The first kappa shape index (κ1) is 15.7. The van der Waals surface area contributed by atoms with Gasteiger partial charge in [-0.1, -0.05) is 18.2 Å². The molecule has 1 amide bonds. The summed E-state index contributed by atoms with van der Waals surface area (Å²) >= 11 is 1.56. The highest BCUT2D eigenvalue weighted by Crippen LogP contribution is 2.28. The van der Waals surface area contributed by atoms with Crippen LogP contribution in [0.1, 0.15) is 18.4 Å². The Hall–Kier alpha value is -1.69. The Morgan fingerprint density at radius 1 is 1.43 bits per heavy atom. The Morgan fingerprint density at radius 3 is 2.81 bits per heavy atom. The highest BCUT2D eigenvalue weighted by atomic mass is 32.2. The van der Waals surface area contributed by atoms with E-state index in [1.54, 1.807) is 18.9 Å². The molecule has 0 saturated carbocycles. The van der Waals surface area contributed by atoms with Gasteiger partial charge in [0, 0.05) is 12.2 Å². The number of carboxylic acids is 1. The maximum Gasteiger partial charge on any atom is 0.330 e. The van der Waals surface area contributed by atoms with Gasteiger partial charge < -0.3 is 15.2 Å². The third-order valence-corrected chi connectivity index (χ3v) is 4.81. The number of benzene rings is 1. The van der Waals surface area contributed by atoms with Crippen LogP contribution in [0.2, 0.25) is 0 Å². The van der Waals surface area contributed by atoms with Crippen molar-refractivity contribution in [1.82, 2.24) is 5.32 Å². The van der Waals surface area contributed by atoms with E-state index in [4.69, 9.17) is 4.74 Å².